The molecule has 6 heteroatoms. The van der Waals surface area contributed by atoms with Gasteiger partial charge in [0.05, 0.1) is 11.2 Å². The van der Waals surface area contributed by atoms with Gasteiger partial charge in [-0.25, -0.2) is 4.79 Å². The van der Waals surface area contributed by atoms with E-state index in [1.54, 1.807) is 23.9 Å². The van der Waals surface area contributed by atoms with Crippen molar-refractivity contribution in [2.24, 2.45) is 7.05 Å². The Bertz CT molecular complexity index is 903. The van der Waals surface area contributed by atoms with Crippen LogP contribution in [0.4, 0.5) is 0 Å². The SMILES string of the molecule is Cc1nn(C)c(-n2ccc3ccc(O)cc32)c1C=CC(=O)O. The number of carboxylic acid groups (broad SMARTS) is 1. The summed E-state index contributed by atoms with van der Waals surface area (Å²) in [4.78, 5) is 10.8. The van der Waals surface area contributed by atoms with E-state index in [4.69, 9.17) is 5.11 Å². The van der Waals surface area contributed by atoms with E-state index in [-0.39, 0.29) is 5.75 Å². The summed E-state index contributed by atoms with van der Waals surface area (Å²) in [6.07, 6.45) is 4.50. The lowest BCUT2D eigenvalue weighted by Gasteiger charge is -2.08. The summed E-state index contributed by atoms with van der Waals surface area (Å²) in [5.41, 5.74) is 2.29. The summed E-state index contributed by atoms with van der Waals surface area (Å²) < 4.78 is 3.58. The average Bonchev–Trinajstić information content (AvgIpc) is 2.96. The van der Waals surface area contributed by atoms with E-state index in [9.17, 15) is 9.90 Å². The molecule has 0 spiro atoms. The van der Waals surface area contributed by atoms with Gasteiger partial charge >= 0.3 is 5.97 Å². The molecular weight excluding hydrogens is 282 g/mol. The summed E-state index contributed by atoms with van der Waals surface area (Å²) >= 11 is 0. The lowest BCUT2D eigenvalue weighted by Crippen LogP contribution is -2.03. The Labute approximate surface area is 126 Å². The number of phenols is 1. The molecule has 2 aromatic heterocycles. The van der Waals surface area contributed by atoms with Crippen LogP contribution in [0.3, 0.4) is 0 Å². The van der Waals surface area contributed by atoms with Crippen molar-refractivity contribution in [1.29, 1.82) is 0 Å². The minimum atomic E-state index is -1.01. The molecule has 0 amide bonds. The average molecular weight is 297 g/mol. The minimum absolute atomic E-state index is 0.175. The number of carboxylic acids is 1. The number of aromatic hydroxyl groups is 1. The Balaban J connectivity index is 2.26. The van der Waals surface area contributed by atoms with E-state index >= 15 is 0 Å². The molecule has 0 atom stereocenters. The molecule has 0 aliphatic rings. The van der Waals surface area contributed by atoms with Crippen molar-refractivity contribution in [3.8, 4) is 11.6 Å². The first-order valence-corrected chi connectivity index (χ1v) is 6.72. The lowest BCUT2D eigenvalue weighted by atomic mass is 10.2. The van der Waals surface area contributed by atoms with E-state index in [1.165, 1.54) is 6.08 Å². The number of carbonyl (C=O) groups is 1. The number of aryl methyl sites for hydroxylation is 2. The number of fused-ring (bicyclic) bond motifs is 1. The van der Waals surface area contributed by atoms with E-state index in [0.717, 1.165) is 34.1 Å². The summed E-state index contributed by atoms with van der Waals surface area (Å²) in [5, 5.41) is 23.9. The predicted molar refractivity (Wildman–Crippen MR) is 83.1 cm³/mol. The molecule has 0 bridgehead atoms. The van der Waals surface area contributed by atoms with Crippen LogP contribution in [-0.4, -0.2) is 30.5 Å². The molecule has 0 radical (unpaired) electrons. The van der Waals surface area contributed by atoms with Crippen LogP contribution >= 0.6 is 0 Å². The zero-order valence-corrected chi connectivity index (χ0v) is 12.2. The van der Waals surface area contributed by atoms with Crippen LogP contribution in [0.15, 0.2) is 36.5 Å². The molecule has 2 heterocycles. The van der Waals surface area contributed by atoms with E-state index in [0.29, 0.717) is 0 Å². The summed E-state index contributed by atoms with van der Waals surface area (Å²) in [7, 11) is 1.80. The molecule has 22 heavy (non-hydrogen) atoms. The fraction of sp³-hybridized carbons (Fsp3) is 0.125. The maximum absolute atomic E-state index is 10.8. The standard InChI is InChI=1S/C16H15N3O3/c1-10-13(5-6-15(21)22)16(18(2)17-10)19-8-7-11-3-4-12(20)9-14(11)19/h3-9,20H,1-2H3,(H,21,22). The van der Waals surface area contributed by atoms with Crippen molar-refractivity contribution in [1.82, 2.24) is 14.3 Å². The molecule has 0 aliphatic heterocycles. The van der Waals surface area contributed by atoms with Crippen LogP contribution in [-0.2, 0) is 11.8 Å². The highest BCUT2D eigenvalue weighted by molar-refractivity contribution is 5.87. The number of hydrogen-bond acceptors (Lipinski definition) is 3. The monoisotopic (exact) mass is 297 g/mol. The number of aromatic nitrogens is 3. The van der Waals surface area contributed by atoms with Crippen LogP contribution < -0.4 is 0 Å². The maximum Gasteiger partial charge on any atom is 0.328 e. The smallest absolute Gasteiger partial charge is 0.328 e. The fourth-order valence-electron chi connectivity index (χ4n) is 2.60. The first kappa shape index (κ1) is 13.9. The molecule has 1 aromatic carbocycles. The Morgan fingerprint density at radius 2 is 2.09 bits per heavy atom. The second-order valence-corrected chi connectivity index (χ2v) is 5.05. The fourth-order valence-corrected chi connectivity index (χ4v) is 2.60. The summed E-state index contributed by atoms with van der Waals surface area (Å²) in [6, 6.07) is 7.06. The van der Waals surface area contributed by atoms with Crippen molar-refractivity contribution in [3.05, 3.63) is 47.8 Å². The number of hydrogen-bond donors (Lipinski definition) is 2. The Morgan fingerprint density at radius 1 is 1.32 bits per heavy atom. The van der Waals surface area contributed by atoms with Crippen molar-refractivity contribution in [2.45, 2.75) is 6.92 Å². The van der Waals surface area contributed by atoms with Crippen LogP contribution in [0.25, 0.3) is 22.8 Å². The van der Waals surface area contributed by atoms with Gasteiger partial charge in [-0.1, -0.05) is 0 Å². The van der Waals surface area contributed by atoms with Gasteiger partial charge in [-0.2, -0.15) is 5.10 Å². The molecule has 112 valence electrons. The van der Waals surface area contributed by atoms with Gasteiger partial charge in [-0.3, -0.25) is 4.68 Å². The third-order valence-electron chi connectivity index (χ3n) is 3.53. The summed E-state index contributed by atoms with van der Waals surface area (Å²) in [6.45, 7) is 1.83. The van der Waals surface area contributed by atoms with Crippen molar-refractivity contribution in [2.75, 3.05) is 0 Å². The number of rotatable bonds is 3. The zero-order chi connectivity index (χ0) is 15.9. The Kier molecular flexibility index (Phi) is 3.21. The first-order valence-electron chi connectivity index (χ1n) is 6.72. The lowest BCUT2D eigenvalue weighted by molar-refractivity contribution is -0.131. The van der Waals surface area contributed by atoms with Gasteiger partial charge in [0.15, 0.2) is 0 Å². The van der Waals surface area contributed by atoms with Gasteiger partial charge in [-0.05, 0) is 31.2 Å². The highest BCUT2D eigenvalue weighted by Gasteiger charge is 2.15. The Morgan fingerprint density at radius 3 is 2.82 bits per heavy atom. The minimum Gasteiger partial charge on any atom is -0.508 e. The molecule has 0 saturated carbocycles. The molecule has 0 saturated heterocycles. The number of aliphatic carboxylic acids is 1. The maximum atomic E-state index is 10.8. The largest absolute Gasteiger partial charge is 0.508 e. The van der Waals surface area contributed by atoms with E-state index in [1.807, 2.05) is 29.8 Å². The number of benzene rings is 1. The highest BCUT2D eigenvalue weighted by Crippen LogP contribution is 2.27. The van der Waals surface area contributed by atoms with Gasteiger partial charge < -0.3 is 14.8 Å². The first-order chi connectivity index (χ1) is 10.5. The second kappa shape index (κ2) is 5.07. The van der Waals surface area contributed by atoms with Gasteiger partial charge in [-0.15, -0.1) is 0 Å². The van der Waals surface area contributed by atoms with E-state index < -0.39 is 5.97 Å². The molecular formula is C16H15N3O3. The van der Waals surface area contributed by atoms with Crippen LogP contribution in [0.2, 0.25) is 0 Å². The predicted octanol–water partition coefficient (Wildman–Crippen LogP) is 2.48. The van der Waals surface area contributed by atoms with Crippen LogP contribution in [0.5, 0.6) is 5.75 Å². The van der Waals surface area contributed by atoms with Gasteiger partial charge in [0, 0.05) is 36.3 Å². The van der Waals surface area contributed by atoms with Gasteiger partial charge in [0.25, 0.3) is 0 Å². The van der Waals surface area contributed by atoms with Crippen molar-refractivity contribution < 1.29 is 15.0 Å². The molecule has 0 unspecified atom stereocenters. The number of phenolic OH excluding ortho intramolecular Hbond substituents is 1. The van der Waals surface area contributed by atoms with Crippen LogP contribution in [0.1, 0.15) is 11.3 Å². The van der Waals surface area contributed by atoms with Gasteiger partial charge in [0.2, 0.25) is 0 Å². The molecule has 2 N–H and O–H groups in total. The topological polar surface area (TPSA) is 80.3 Å². The molecule has 0 aliphatic carbocycles. The van der Waals surface area contributed by atoms with E-state index in [2.05, 4.69) is 5.10 Å². The molecule has 3 aromatic rings. The van der Waals surface area contributed by atoms with Gasteiger partial charge in [0.1, 0.15) is 11.6 Å². The third-order valence-corrected chi connectivity index (χ3v) is 3.53. The normalized spacial score (nSPS) is 11.5. The Hall–Kier alpha value is -3.02. The highest BCUT2D eigenvalue weighted by atomic mass is 16.4. The quantitative estimate of drug-likeness (QED) is 0.728. The second-order valence-electron chi connectivity index (χ2n) is 5.05. The molecule has 0 fully saturated rings. The summed E-state index contributed by atoms with van der Waals surface area (Å²) in [5.74, 6) is -0.0891. The van der Waals surface area contributed by atoms with Crippen LogP contribution in [0, 0.1) is 6.92 Å². The number of nitrogens with zero attached hydrogens (tertiary/aromatic N) is 3. The third kappa shape index (κ3) is 2.24. The molecule has 3 rings (SSSR count). The van der Waals surface area contributed by atoms with Crippen molar-refractivity contribution >= 4 is 22.9 Å². The van der Waals surface area contributed by atoms with Crippen molar-refractivity contribution in [3.63, 3.8) is 0 Å². The molecule has 6 nitrogen and oxygen atoms in total. The zero-order valence-electron chi connectivity index (χ0n) is 12.2.